The van der Waals surface area contributed by atoms with E-state index in [0.717, 1.165) is 35.7 Å². The van der Waals surface area contributed by atoms with Crippen LogP contribution in [0.1, 0.15) is 23.7 Å². The smallest absolute Gasteiger partial charge is 0.206 e. The third-order valence-corrected chi connectivity index (χ3v) is 5.08. The van der Waals surface area contributed by atoms with Gasteiger partial charge in [-0.25, -0.2) is 0 Å². The SMILES string of the molecule is CCOCCCNc1nnc(SCC(=O)c2cccc(OC)c2)s1. The summed E-state index contributed by atoms with van der Waals surface area (Å²) < 4.78 is 11.2. The van der Waals surface area contributed by atoms with Gasteiger partial charge in [0.05, 0.1) is 12.9 Å². The molecular weight excluding hydrogens is 346 g/mol. The molecule has 1 heterocycles. The number of methoxy groups -OCH3 is 1. The maximum absolute atomic E-state index is 12.2. The predicted molar refractivity (Wildman–Crippen MR) is 97.6 cm³/mol. The minimum Gasteiger partial charge on any atom is -0.497 e. The molecule has 1 aromatic carbocycles. The molecule has 0 saturated heterocycles. The summed E-state index contributed by atoms with van der Waals surface area (Å²) in [6.45, 7) is 4.25. The van der Waals surface area contributed by atoms with Gasteiger partial charge >= 0.3 is 0 Å². The first kappa shape index (κ1) is 18.7. The lowest BCUT2D eigenvalue weighted by Crippen LogP contribution is -2.05. The second-order valence-corrected chi connectivity index (χ2v) is 6.99. The summed E-state index contributed by atoms with van der Waals surface area (Å²) in [4.78, 5) is 12.2. The van der Waals surface area contributed by atoms with Gasteiger partial charge in [-0.2, -0.15) is 0 Å². The number of hydrogen-bond acceptors (Lipinski definition) is 8. The van der Waals surface area contributed by atoms with Gasteiger partial charge in [0.25, 0.3) is 0 Å². The highest BCUT2D eigenvalue weighted by molar-refractivity contribution is 8.01. The standard InChI is InChI=1S/C16H21N3O3S2/c1-3-22-9-5-8-17-15-18-19-16(24-15)23-11-14(20)12-6-4-7-13(10-12)21-2/h4,6-7,10H,3,5,8-9,11H2,1-2H3,(H,17,18). The van der Waals surface area contributed by atoms with Crippen LogP contribution in [0.2, 0.25) is 0 Å². The van der Waals surface area contributed by atoms with Gasteiger partial charge in [0, 0.05) is 25.3 Å². The molecule has 2 rings (SSSR count). The summed E-state index contributed by atoms with van der Waals surface area (Å²) in [5.41, 5.74) is 0.639. The van der Waals surface area contributed by atoms with Gasteiger partial charge in [-0.3, -0.25) is 4.79 Å². The lowest BCUT2D eigenvalue weighted by Gasteiger charge is -2.03. The molecule has 0 bridgehead atoms. The van der Waals surface area contributed by atoms with Crippen LogP contribution in [0.4, 0.5) is 5.13 Å². The second-order valence-electron chi connectivity index (χ2n) is 4.79. The Labute approximate surface area is 150 Å². The van der Waals surface area contributed by atoms with Crippen molar-refractivity contribution in [3.05, 3.63) is 29.8 Å². The van der Waals surface area contributed by atoms with E-state index in [1.54, 1.807) is 19.2 Å². The van der Waals surface area contributed by atoms with Crippen LogP contribution in [0.5, 0.6) is 5.75 Å². The van der Waals surface area contributed by atoms with Crippen LogP contribution in [0, 0.1) is 0 Å². The molecule has 0 amide bonds. The third kappa shape index (κ3) is 6.10. The van der Waals surface area contributed by atoms with Gasteiger partial charge in [0.1, 0.15) is 5.75 Å². The molecule has 0 aliphatic heterocycles. The largest absolute Gasteiger partial charge is 0.497 e. The molecular formula is C16H21N3O3S2. The zero-order valence-corrected chi connectivity index (χ0v) is 15.4. The molecule has 0 radical (unpaired) electrons. The lowest BCUT2D eigenvalue weighted by atomic mass is 10.1. The summed E-state index contributed by atoms with van der Waals surface area (Å²) in [5.74, 6) is 1.05. The molecule has 0 unspecified atom stereocenters. The van der Waals surface area contributed by atoms with Crippen LogP contribution >= 0.6 is 23.1 Å². The maximum atomic E-state index is 12.2. The van der Waals surface area contributed by atoms with Gasteiger partial charge in [0.2, 0.25) is 5.13 Å². The number of carbonyl (C=O) groups is 1. The number of anilines is 1. The van der Waals surface area contributed by atoms with Crippen LogP contribution in [0.25, 0.3) is 0 Å². The average Bonchev–Trinajstić information content (AvgIpc) is 3.07. The molecule has 0 aliphatic rings. The first-order chi connectivity index (χ1) is 11.7. The molecule has 1 aromatic heterocycles. The quantitative estimate of drug-likeness (QED) is 0.371. The number of aromatic nitrogens is 2. The molecule has 8 heteroatoms. The summed E-state index contributed by atoms with van der Waals surface area (Å²) in [6.07, 6.45) is 0.921. The van der Waals surface area contributed by atoms with Gasteiger partial charge in [-0.15, -0.1) is 10.2 Å². The van der Waals surface area contributed by atoms with E-state index in [-0.39, 0.29) is 5.78 Å². The van der Waals surface area contributed by atoms with Crippen molar-refractivity contribution in [1.29, 1.82) is 0 Å². The van der Waals surface area contributed by atoms with Crippen LogP contribution in [-0.2, 0) is 4.74 Å². The summed E-state index contributed by atoms with van der Waals surface area (Å²) >= 11 is 2.85. The predicted octanol–water partition coefficient (Wildman–Crippen LogP) is 3.36. The molecule has 24 heavy (non-hydrogen) atoms. The molecule has 0 saturated carbocycles. The second kappa shape index (κ2) is 10.3. The van der Waals surface area contributed by atoms with E-state index in [0.29, 0.717) is 17.1 Å². The monoisotopic (exact) mass is 367 g/mol. The van der Waals surface area contributed by atoms with Gasteiger partial charge in [-0.1, -0.05) is 35.2 Å². The zero-order valence-electron chi connectivity index (χ0n) is 13.8. The molecule has 130 valence electrons. The number of nitrogens with zero attached hydrogens (tertiary/aromatic N) is 2. The van der Waals surface area contributed by atoms with Crippen molar-refractivity contribution in [2.75, 3.05) is 37.9 Å². The third-order valence-electron chi connectivity index (χ3n) is 3.07. The number of thioether (sulfide) groups is 1. The van der Waals surface area contributed by atoms with E-state index < -0.39 is 0 Å². The van der Waals surface area contributed by atoms with Crippen molar-refractivity contribution in [1.82, 2.24) is 10.2 Å². The highest BCUT2D eigenvalue weighted by Crippen LogP contribution is 2.26. The number of benzene rings is 1. The fourth-order valence-corrected chi connectivity index (χ4v) is 3.53. The highest BCUT2D eigenvalue weighted by Gasteiger charge is 2.10. The highest BCUT2D eigenvalue weighted by atomic mass is 32.2. The Bertz CT molecular complexity index is 649. The molecule has 1 N–H and O–H groups in total. The van der Waals surface area contributed by atoms with Gasteiger partial charge < -0.3 is 14.8 Å². The van der Waals surface area contributed by atoms with E-state index in [9.17, 15) is 4.79 Å². The van der Waals surface area contributed by atoms with Crippen molar-refractivity contribution in [2.45, 2.75) is 17.7 Å². The fourth-order valence-electron chi connectivity index (χ4n) is 1.86. The van der Waals surface area contributed by atoms with Crippen LogP contribution in [-0.4, -0.2) is 48.6 Å². The Morgan fingerprint density at radius 1 is 1.38 bits per heavy atom. The van der Waals surface area contributed by atoms with Crippen LogP contribution in [0.3, 0.4) is 0 Å². The number of Topliss-reactive ketones (excluding diaryl/α,β-unsaturated/α-hetero) is 1. The molecule has 6 nitrogen and oxygen atoms in total. The average molecular weight is 367 g/mol. The molecule has 0 atom stereocenters. The van der Waals surface area contributed by atoms with Crippen molar-refractivity contribution in [3.63, 3.8) is 0 Å². The summed E-state index contributed by atoms with van der Waals surface area (Å²) in [5, 5.41) is 12.1. The van der Waals surface area contributed by atoms with Gasteiger partial charge in [0.15, 0.2) is 10.1 Å². The number of ketones is 1. The number of nitrogens with one attached hydrogen (secondary N) is 1. The van der Waals surface area contributed by atoms with E-state index in [1.165, 1.54) is 23.1 Å². The maximum Gasteiger partial charge on any atom is 0.206 e. The number of rotatable bonds is 11. The summed E-state index contributed by atoms with van der Waals surface area (Å²) in [7, 11) is 1.59. The molecule has 0 aliphatic carbocycles. The van der Waals surface area contributed by atoms with Crippen molar-refractivity contribution in [2.24, 2.45) is 0 Å². The van der Waals surface area contributed by atoms with E-state index in [1.807, 2.05) is 19.1 Å². The Morgan fingerprint density at radius 2 is 2.25 bits per heavy atom. The number of carbonyl (C=O) groups excluding carboxylic acids is 1. The fraction of sp³-hybridized carbons (Fsp3) is 0.438. The van der Waals surface area contributed by atoms with Crippen LogP contribution < -0.4 is 10.1 Å². The Morgan fingerprint density at radius 3 is 3.04 bits per heavy atom. The van der Waals surface area contributed by atoms with Crippen LogP contribution in [0.15, 0.2) is 28.6 Å². The molecule has 0 fully saturated rings. The Hall–Kier alpha value is -1.64. The topological polar surface area (TPSA) is 73.3 Å². The first-order valence-electron chi connectivity index (χ1n) is 7.68. The first-order valence-corrected chi connectivity index (χ1v) is 9.48. The Kier molecular flexibility index (Phi) is 8.00. The Balaban J connectivity index is 1.76. The zero-order chi connectivity index (χ0) is 17.2. The summed E-state index contributed by atoms with van der Waals surface area (Å²) in [6, 6.07) is 7.16. The minimum atomic E-state index is 0.0420. The minimum absolute atomic E-state index is 0.0420. The van der Waals surface area contributed by atoms with Gasteiger partial charge in [-0.05, 0) is 25.5 Å². The number of hydrogen-bond donors (Lipinski definition) is 1. The van der Waals surface area contributed by atoms with Crippen molar-refractivity contribution in [3.8, 4) is 5.75 Å². The van der Waals surface area contributed by atoms with E-state index >= 15 is 0 Å². The molecule has 2 aromatic rings. The van der Waals surface area contributed by atoms with Crippen molar-refractivity contribution < 1.29 is 14.3 Å². The van der Waals surface area contributed by atoms with Crippen molar-refractivity contribution >= 4 is 34.0 Å². The molecule has 0 spiro atoms. The normalized spacial score (nSPS) is 10.6. The van der Waals surface area contributed by atoms with E-state index in [2.05, 4.69) is 15.5 Å². The lowest BCUT2D eigenvalue weighted by molar-refractivity contribution is 0.102. The van der Waals surface area contributed by atoms with E-state index in [4.69, 9.17) is 9.47 Å². The number of ether oxygens (including phenoxy) is 2.